The van der Waals surface area contributed by atoms with E-state index in [0.29, 0.717) is 0 Å². The molecule has 0 spiro atoms. The highest BCUT2D eigenvalue weighted by atomic mass is 32.1. The molecule has 1 heterocycles. The van der Waals surface area contributed by atoms with Crippen LogP contribution >= 0.6 is 11.3 Å². The van der Waals surface area contributed by atoms with Crippen molar-refractivity contribution in [2.75, 3.05) is 18.0 Å². The number of benzene rings is 1. The van der Waals surface area contributed by atoms with E-state index < -0.39 is 0 Å². The Morgan fingerprint density at radius 2 is 1.25 bits per heavy atom. The summed E-state index contributed by atoms with van der Waals surface area (Å²) in [7, 11) is 0. The van der Waals surface area contributed by atoms with Gasteiger partial charge < -0.3 is 4.90 Å². The minimum Gasteiger partial charge on any atom is -0.348 e. The summed E-state index contributed by atoms with van der Waals surface area (Å²) in [6.45, 7) is 6.88. The minimum atomic E-state index is 1.12. The number of rotatable bonds is 16. The Morgan fingerprint density at radius 3 is 1.82 bits per heavy atom. The molecule has 0 aliphatic carbocycles. The van der Waals surface area contributed by atoms with E-state index in [-0.39, 0.29) is 0 Å². The first-order valence-corrected chi connectivity index (χ1v) is 12.5. The van der Waals surface area contributed by atoms with Crippen LogP contribution in [0.3, 0.4) is 0 Å². The number of hydrogen-bond acceptors (Lipinski definition) is 3. The zero-order chi connectivity index (χ0) is 19.9. The van der Waals surface area contributed by atoms with E-state index in [2.05, 4.69) is 54.5 Å². The largest absolute Gasteiger partial charge is 0.348 e. The molecular weight excluding hydrogens is 360 g/mol. The van der Waals surface area contributed by atoms with E-state index in [1.807, 2.05) is 11.3 Å². The lowest BCUT2D eigenvalue weighted by Crippen LogP contribution is -2.25. The molecule has 0 radical (unpaired) electrons. The Hall–Kier alpha value is -1.35. The van der Waals surface area contributed by atoms with Crippen LogP contribution in [-0.2, 0) is 0 Å². The van der Waals surface area contributed by atoms with Crippen molar-refractivity contribution in [2.45, 2.75) is 90.9 Å². The van der Waals surface area contributed by atoms with Crippen LogP contribution in [-0.4, -0.2) is 18.1 Å². The quantitative estimate of drug-likeness (QED) is 0.263. The van der Waals surface area contributed by atoms with E-state index in [4.69, 9.17) is 4.98 Å². The van der Waals surface area contributed by atoms with E-state index in [1.165, 1.54) is 87.7 Å². The van der Waals surface area contributed by atoms with Crippen molar-refractivity contribution in [3.05, 3.63) is 35.7 Å². The summed E-state index contributed by atoms with van der Waals surface area (Å²) in [4.78, 5) is 7.53. The maximum Gasteiger partial charge on any atom is 0.185 e. The summed E-state index contributed by atoms with van der Waals surface area (Å²) in [5, 5.41) is 3.43. The molecule has 0 atom stereocenters. The molecule has 0 bridgehead atoms. The molecule has 1 aromatic heterocycles. The van der Waals surface area contributed by atoms with Crippen molar-refractivity contribution in [1.82, 2.24) is 4.98 Å². The molecular formula is C25H40N2S. The summed E-state index contributed by atoms with van der Waals surface area (Å²) in [5.74, 6) is 0. The number of aromatic nitrogens is 1. The van der Waals surface area contributed by atoms with Crippen LogP contribution in [0.25, 0.3) is 11.3 Å². The average Bonchev–Trinajstić information content (AvgIpc) is 3.22. The highest BCUT2D eigenvalue weighted by Gasteiger charge is 2.12. The molecule has 0 aliphatic heterocycles. The zero-order valence-electron chi connectivity index (χ0n) is 18.2. The molecule has 1 aromatic carbocycles. The molecule has 0 amide bonds. The third-order valence-electron chi connectivity index (χ3n) is 5.40. The Balaban J connectivity index is 1.86. The van der Waals surface area contributed by atoms with Crippen molar-refractivity contribution >= 4 is 16.5 Å². The Labute approximate surface area is 177 Å². The molecule has 0 fully saturated rings. The fourth-order valence-electron chi connectivity index (χ4n) is 3.62. The third kappa shape index (κ3) is 8.77. The fraction of sp³-hybridized carbons (Fsp3) is 0.640. The van der Waals surface area contributed by atoms with Crippen molar-refractivity contribution in [3.8, 4) is 11.3 Å². The second kappa shape index (κ2) is 14.6. The predicted octanol–water partition coefficient (Wildman–Crippen LogP) is 8.34. The van der Waals surface area contributed by atoms with Crippen LogP contribution in [0.2, 0.25) is 0 Å². The molecule has 3 heteroatoms. The molecule has 0 N–H and O–H groups in total. The Kier molecular flexibility index (Phi) is 12.0. The summed E-state index contributed by atoms with van der Waals surface area (Å²) in [6, 6.07) is 10.6. The molecule has 0 saturated heterocycles. The molecule has 156 valence electrons. The fourth-order valence-corrected chi connectivity index (χ4v) is 4.51. The first-order chi connectivity index (χ1) is 13.8. The van der Waals surface area contributed by atoms with Crippen molar-refractivity contribution in [3.63, 3.8) is 0 Å². The standard InChI is InChI=1S/C25H40N2S/c1-3-5-7-9-11-16-20-27(21-17-12-10-8-6-4-2)25-26-24(22-28-25)23-18-14-13-15-19-23/h13-15,18-19,22H,3-12,16-17,20-21H2,1-2H3. The van der Waals surface area contributed by atoms with Gasteiger partial charge in [0, 0.05) is 24.0 Å². The van der Waals surface area contributed by atoms with Gasteiger partial charge in [0.1, 0.15) is 0 Å². The smallest absolute Gasteiger partial charge is 0.185 e. The number of hydrogen-bond donors (Lipinski definition) is 0. The monoisotopic (exact) mass is 400 g/mol. The second-order valence-electron chi connectivity index (χ2n) is 7.90. The summed E-state index contributed by atoms with van der Waals surface area (Å²) in [5.41, 5.74) is 2.35. The third-order valence-corrected chi connectivity index (χ3v) is 6.30. The maximum atomic E-state index is 4.98. The molecule has 2 rings (SSSR count). The number of thiazole rings is 1. The lowest BCUT2D eigenvalue weighted by molar-refractivity contribution is 0.574. The Bertz CT molecular complexity index is 592. The molecule has 0 aliphatic rings. The topological polar surface area (TPSA) is 16.1 Å². The minimum absolute atomic E-state index is 1.12. The molecule has 0 unspecified atom stereocenters. The highest BCUT2D eigenvalue weighted by Crippen LogP contribution is 2.28. The highest BCUT2D eigenvalue weighted by molar-refractivity contribution is 7.14. The number of unbranched alkanes of at least 4 members (excludes halogenated alkanes) is 10. The van der Waals surface area contributed by atoms with E-state index in [9.17, 15) is 0 Å². The lowest BCUT2D eigenvalue weighted by atomic mass is 10.1. The van der Waals surface area contributed by atoms with Gasteiger partial charge in [-0.05, 0) is 12.8 Å². The Morgan fingerprint density at radius 1 is 0.714 bits per heavy atom. The molecule has 0 saturated carbocycles. The van der Waals surface area contributed by atoms with Crippen molar-refractivity contribution < 1.29 is 0 Å². The van der Waals surface area contributed by atoms with Gasteiger partial charge in [-0.1, -0.05) is 108 Å². The normalized spacial score (nSPS) is 11.1. The summed E-state index contributed by atoms with van der Waals surface area (Å²) < 4.78 is 0. The first kappa shape index (κ1) is 22.9. The predicted molar refractivity (Wildman–Crippen MR) is 127 cm³/mol. The van der Waals surface area contributed by atoms with Gasteiger partial charge in [0.2, 0.25) is 0 Å². The van der Waals surface area contributed by atoms with E-state index in [0.717, 1.165) is 18.8 Å². The van der Waals surface area contributed by atoms with E-state index >= 15 is 0 Å². The van der Waals surface area contributed by atoms with Crippen molar-refractivity contribution in [2.24, 2.45) is 0 Å². The molecule has 2 aromatic rings. The van der Waals surface area contributed by atoms with Gasteiger partial charge in [0.05, 0.1) is 5.69 Å². The van der Waals surface area contributed by atoms with E-state index in [1.54, 1.807) is 0 Å². The van der Waals surface area contributed by atoms with Crippen molar-refractivity contribution in [1.29, 1.82) is 0 Å². The summed E-state index contributed by atoms with van der Waals surface area (Å²) >= 11 is 1.81. The van der Waals surface area contributed by atoms with Crippen LogP contribution in [0.5, 0.6) is 0 Å². The first-order valence-electron chi connectivity index (χ1n) is 11.6. The van der Waals surface area contributed by atoms with Gasteiger partial charge in [-0.3, -0.25) is 0 Å². The van der Waals surface area contributed by atoms with Crippen LogP contribution < -0.4 is 4.90 Å². The van der Waals surface area contributed by atoms with Crippen LogP contribution in [0.4, 0.5) is 5.13 Å². The van der Waals surface area contributed by atoms with Gasteiger partial charge in [-0.25, -0.2) is 4.98 Å². The number of anilines is 1. The summed E-state index contributed by atoms with van der Waals surface area (Å²) in [6.07, 6.45) is 16.2. The lowest BCUT2D eigenvalue weighted by Gasteiger charge is -2.22. The zero-order valence-corrected chi connectivity index (χ0v) is 19.0. The second-order valence-corrected chi connectivity index (χ2v) is 8.74. The van der Waals surface area contributed by atoms with Crippen LogP contribution in [0.15, 0.2) is 35.7 Å². The molecule has 28 heavy (non-hydrogen) atoms. The van der Waals surface area contributed by atoms with Gasteiger partial charge in [0.15, 0.2) is 5.13 Å². The van der Waals surface area contributed by atoms with Gasteiger partial charge in [0.25, 0.3) is 0 Å². The SMILES string of the molecule is CCCCCCCCN(CCCCCCCC)c1nc(-c2ccccc2)cs1. The van der Waals surface area contributed by atoms with Crippen LogP contribution in [0.1, 0.15) is 90.9 Å². The number of nitrogens with zero attached hydrogens (tertiary/aromatic N) is 2. The maximum absolute atomic E-state index is 4.98. The average molecular weight is 401 g/mol. The van der Waals surface area contributed by atoms with Gasteiger partial charge >= 0.3 is 0 Å². The van der Waals surface area contributed by atoms with Gasteiger partial charge in [-0.2, -0.15) is 0 Å². The van der Waals surface area contributed by atoms with Crippen LogP contribution in [0, 0.1) is 0 Å². The van der Waals surface area contributed by atoms with Gasteiger partial charge in [-0.15, -0.1) is 11.3 Å². The molecule has 2 nitrogen and oxygen atoms in total.